The number of likely N-dealkylation sites (tertiary alicyclic amines) is 1. The van der Waals surface area contributed by atoms with Gasteiger partial charge in [-0.25, -0.2) is 4.98 Å². The maximum Gasteiger partial charge on any atom is 0.253 e. The van der Waals surface area contributed by atoms with Crippen molar-refractivity contribution in [3.8, 4) is 17.9 Å². The summed E-state index contributed by atoms with van der Waals surface area (Å²) in [5.74, 6) is 6.15. The molecule has 1 aromatic carbocycles. The fourth-order valence-corrected chi connectivity index (χ4v) is 3.43. The van der Waals surface area contributed by atoms with Gasteiger partial charge in [0.1, 0.15) is 11.8 Å². The minimum absolute atomic E-state index is 0.00404. The number of allylic oxidation sites excluding steroid dienone is 1. The van der Waals surface area contributed by atoms with Crippen molar-refractivity contribution in [1.29, 1.82) is 5.26 Å². The van der Waals surface area contributed by atoms with Crippen molar-refractivity contribution < 1.29 is 4.79 Å². The Hall–Kier alpha value is -3.08. The van der Waals surface area contributed by atoms with Crippen molar-refractivity contribution >= 4 is 17.5 Å². The maximum absolute atomic E-state index is 12.8. The first-order valence-corrected chi connectivity index (χ1v) is 9.39. The molecular formula is C23H20ClN3O. The third-order valence-corrected chi connectivity index (χ3v) is 5.04. The van der Waals surface area contributed by atoms with Crippen LogP contribution in [0.25, 0.3) is 0 Å². The lowest BCUT2D eigenvalue weighted by Gasteiger charge is -2.40. The van der Waals surface area contributed by atoms with Gasteiger partial charge < -0.3 is 4.90 Å². The second-order valence-electron chi connectivity index (χ2n) is 7.35. The van der Waals surface area contributed by atoms with Gasteiger partial charge >= 0.3 is 0 Å². The lowest BCUT2D eigenvalue weighted by Crippen LogP contribution is -2.44. The second-order valence-corrected chi connectivity index (χ2v) is 7.79. The fraction of sp³-hybridized carbons (Fsp3) is 0.261. The van der Waals surface area contributed by atoms with Crippen LogP contribution >= 0.6 is 11.6 Å². The molecule has 3 rings (SSSR count). The zero-order valence-corrected chi connectivity index (χ0v) is 16.6. The first-order chi connectivity index (χ1) is 13.4. The van der Waals surface area contributed by atoms with Crippen molar-refractivity contribution in [3.05, 3.63) is 76.1 Å². The van der Waals surface area contributed by atoms with Gasteiger partial charge in [0.2, 0.25) is 0 Å². The van der Waals surface area contributed by atoms with Crippen LogP contribution in [0.5, 0.6) is 0 Å². The van der Waals surface area contributed by atoms with E-state index in [0.717, 1.165) is 12.0 Å². The molecule has 0 spiro atoms. The fourth-order valence-electron chi connectivity index (χ4n) is 3.24. The van der Waals surface area contributed by atoms with Crippen LogP contribution in [0.3, 0.4) is 0 Å². The Kier molecular flexibility index (Phi) is 5.83. The first kappa shape index (κ1) is 19.7. The molecule has 1 fully saturated rings. The molecule has 0 saturated carbocycles. The lowest BCUT2D eigenvalue weighted by molar-refractivity contribution is 0.0663. The van der Waals surface area contributed by atoms with Crippen LogP contribution in [0.4, 0.5) is 0 Å². The van der Waals surface area contributed by atoms with Crippen LogP contribution in [-0.2, 0) is 0 Å². The molecule has 0 bridgehead atoms. The standard InChI is InChI=1S/C23H20ClN3O/c1-23(2)16-27(22(28)18-6-4-8-20(24)13-18)12-11-19(23)7-3-5-17-9-10-21(14-25)26-15-17/h4,6-10,13,15H,11-12,16H2,1-2H3/b19-7+. The van der Waals surface area contributed by atoms with Gasteiger partial charge in [-0.1, -0.05) is 48.9 Å². The summed E-state index contributed by atoms with van der Waals surface area (Å²) in [6.07, 6.45) is 4.32. The number of carbonyl (C=O) groups is 1. The monoisotopic (exact) mass is 389 g/mol. The number of amides is 1. The molecule has 0 radical (unpaired) electrons. The Labute approximate surface area is 170 Å². The summed E-state index contributed by atoms with van der Waals surface area (Å²) in [4.78, 5) is 18.7. The van der Waals surface area contributed by atoms with Crippen molar-refractivity contribution in [2.45, 2.75) is 20.3 Å². The Balaban J connectivity index is 1.71. The maximum atomic E-state index is 12.8. The molecule has 1 saturated heterocycles. The molecule has 0 unspecified atom stereocenters. The molecule has 0 N–H and O–H groups in total. The predicted octanol–water partition coefficient (Wildman–Crippen LogP) is 4.46. The van der Waals surface area contributed by atoms with Crippen LogP contribution in [-0.4, -0.2) is 28.9 Å². The van der Waals surface area contributed by atoms with Crippen LogP contribution in [0.2, 0.25) is 5.02 Å². The molecule has 0 atom stereocenters. The Bertz CT molecular complexity index is 1020. The van der Waals surface area contributed by atoms with Crippen molar-refractivity contribution in [3.63, 3.8) is 0 Å². The van der Waals surface area contributed by atoms with E-state index in [1.807, 2.05) is 17.0 Å². The number of halogens is 1. The predicted molar refractivity (Wildman–Crippen MR) is 110 cm³/mol. The minimum Gasteiger partial charge on any atom is -0.337 e. The molecular weight excluding hydrogens is 370 g/mol. The van der Waals surface area contributed by atoms with Gasteiger partial charge in [-0.15, -0.1) is 0 Å². The normalized spacial score (nSPS) is 16.8. The highest BCUT2D eigenvalue weighted by molar-refractivity contribution is 6.30. The molecule has 4 nitrogen and oxygen atoms in total. The molecule has 2 aromatic rings. The number of nitriles is 1. The number of carbonyl (C=O) groups excluding carboxylic acids is 1. The first-order valence-electron chi connectivity index (χ1n) is 9.01. The van der Waals surface area contributed by atoms with Crippen molar-refractivity contribution in [2.75, 3.05) is 13.1 Å². The van der Waals surface area contributed by atoms with E-state index in [0.29, 0.717) is 29.4 Å². The van der Waals surface area contributed by atoms with E-state index in [-0.39, 0.29) is 11.3 Å². The van der Waals surface area contributed by atoms with Gasteiger partial charge in [-0.05, 0) is 42.8 Å². The summed E-state index contributed by atoms with van der Waals surface area (Å²) >= 11 is 6.02. The van der Waals surface area contributed by atoms with E-state index >= 15 is 0 Å². The molecule has 1 aliphatic rings. The number of piperidine rings is 1. The lowest BCUT2D eigenvalue weighted by atomic mass is 9.78. The van der Waals surface area contributed by atoms with Crippen molar-refractivity contribution in [1.82, 2.24) is 9.88 Å². The average Bonchev–Trinajstić information content (AvgIpc) is 2.68. The number of nitrogens with zero attached hydrogens (tertiary/aromatic N) is 3. The summed E-state index contributed by atoms with van der Waals surface area (Å²) in [6, 6.07) is 12.5. The summed E-state index contributed by atoms with van der Waals surface area (Å²) < 4.78 is 0. The molecule has 1 amide bonds. The van der Waals surface area contributed by atoms with Gasteiger partial charge in [-0.3, -0.25) is 4.79 Å². The van der Waals surface area contributed by atoms with Gasteiger partial charge in [-0.2, -0.15) is 5.26 Å². The molecule has 28 heavy (non-hydrogen) atoms. The van der Waals surface area contributed by atoms with Crippen LogP contribution in [0, 0.1) is 28.6 Å². The summed E-state index contributed by atoms with van der Waals surface area (Å²) in [6.45, 7) is 5.54. The molecule has 0 aliphatic carbocycles. The number of benzene rings is 1. The van der Waals surface area contributed by atoms with Crippen LogP contribution < -0.4 is 0 Å². The van der Waals surface area contributed by atoms with Gasteiger partial charge in [0.25, 0.3) is 5.91 Å². The van der Waals surface area contributed by atoms with E-state index in [2.05, 4.69) is 30.7 Å². The van der Waals surface area contributed by atoms with Gasteiger partial charge in [0.15, 0.2) is 0 Å². The summed E-state index contributed by atoms with van der Waals surface area (Å²) in [5, 5.41) is 9.35. The van der Waals surface area contributed by atoms with Gasteiger partial charge in [0.05, 0.1) is 0 Å². The minimum atomic E-state index is -0.163. The van der Waals surface area contributed by atoms with E-state index < -0.39 is 0 Å². The number of hydrogen-bond donors (Lipinski definition) is 0. The van der Waals surface area contributed by atoms with E-state index in [4.69, 9.17) is 16.9 Å². The smallest absolute Gasteiger partial charge is 0.253 e. The number of pyridine rings is 1. The zero-order chi connectivity index (χ0) is 20.1. The van der Waals surface area contributed by atoms with E-state index in [1.165, 1.54) is 5.57 Å². The zero-order valence-electron chi connectivity index (χ0n) is 15.9. The molecule has 1 aromatic heterocycles. The number of aromatic nitrogens is 1. The van der Waals surface area contributed by atoms with E-state index in [1.54, 1.807) is 42.6 Å². The highest BCUT2D eigenvalue weighted by Crippen LogP contribution is 2.34. The van der Waals surface area contributed by atoms with Crippen LogP contribution in [0.1, 0.15) is 41.9 Å². The molecule has 1 aliphatic heterocycles. The summed E-state index contributed by atoms with van der Waals surface area (Å²) in [5.41, 5.74) is 2.81. The molecule has 5 heteroatoms. The molecule has 140 valence electrons. The quantitative estimate of drug-likeness (QED) is 0.677. The third kappa shape index (κ3) is 4.60. The van der Waals surface area contributed by atoms with E-state index in [9.17, 15) is 4.79 Å². The van der Waals surface area contributed by atoms with Gasteiger partial charge in [0, 0.05) is 40.9 Å². The Morgan fingerprint density at radius 3 is 2.79 bits per heavy atom. The number of hydrogen-bond acceptors (Lipinski definition) is 3. The highest BCUT2D eigenvalue weighted by atomic mass is 35.5. The second kappa shape index (κ2) is 8.30. The SMILES string of the molecule is CC1(C)CN(C(=O)c2cccc(Cl)c2)CC/C1=C\C#Cc1ccc(C#N)nc1. The average molecular weight is 390 g/mol. The van der Waals surface area contributed by atoms with Crippen LogP contribution in [0.15, 0.2) is 54.2 Å². The topological polar surface area (TPSA) is 57.0 Å². The molecule has 2 heterocycles. The Morgan fingerprint density at radius 2 is 2.14 bits per heavy atom. The Morgan fingerprint density at radius 1 is 1.32 bits per heavy atom. The van der Waals surface area contributed by atoms with Crippen molar-refractivity contribution in [2.24, 2.45) is 5.41 Å². The third-order valence-electron chi connectivity index (χ3n) is 4.81. The largest absolute Gasteiger partial charge is 0.337 e. The summed E-state index contributed by atoms with van der Waals surface area (Å²) in [7, 11) is 0. The highest BCUT2D eigenvalue weighted by Gasteiger charge is 2.33. The number of rotatable bonds is 1.